The molecule has 1 heteroatoms. The van der Waals surface area contributed by atoms with Crippen molar-refractivity contribution in [3.05, 3.63) is 29.3 Å². The molecule has 0 unspecified atom stereocenters. The van der Waals surface area contributed by atoms with Crippen LogP contribution in [-0.4, -0.2) is 6.54 Å². The molecular weight excluding hydrogens is 266 g/mol. The van der Waals surface area contributed by atoms with Gasteiger partial charge in [0.1, 0.15) is 0 Å². The van der Waals surface area contributed by atoms with Crippen LogP contribution in [-0.2, 0) is 0 Å². The van der Waals surface area contributed by atoms with Gasteiger partial charge in [-0.15, -0.1) is 0 Å². The Morgan fingerprint density at radius 3 is 2.09 bits per heavy atom. The summed E-state index contributed by atoms with van der Waals surface area (Å²) in [4.78, 5) is 0. The van der Waals surface area contributed by atoms with Gasteiger partial charge in [0.05, 0.1) is 0 Å². The molecule has 1 aliphatic carbocycles. The van der Waals surface area contributed by atoms with E-state index in [0.29, 0.717) is 11.8 Å². The van der Waals surface area contributed by atoms with Crippen LogP contribution in [0.3, 0.4) is 0 Å². The third-order valence-electron chi connectivity index (χ3n) is 5.19. The molecule has 0 aromatic heterocycles. The van der Waals surface area contributed by atoms with Crippen LogP contribution in [0.1, 0.15) is 95.6 Å². The Hall–Kier alpha value is -0.980. The van der Waals surface area contributed by atoms with Gasteiger partial charge >= 0.3 is 0 Å². The number of nitrogens with one attached hydrogen (secondary N) is 1. The number of rotatable bonds is 7. The van der Waals surface area contributed by atoms with E-state index in [9.17, 15) is 0 Å². The highest BCUT2D eigenvalue weighted by Crippen LogP contribution is 2.32. The minimum atomic E-state index is 0.583. The standard InChI is InChI=1S/C21H35N/c1-16(2)19-13-8-14-20(17(3)4)21(19)22-15-9-12-18-10-6-5-7-11-18/h8,13-14,16-18,22H,5-7,9-12,15H2,1-4H3. The van der Waals surface area contributed by atoms with Crippen molar-refractivity contribution in [3.8, 4) is 0 Å². The summed E-state index contributed by atoms with van der Waals surface area (Å²) in [5.41, 5.74) is 4.36. The molecule has 1 fully saturated rings. The molecule has 0 saturated heterocycles. The molecule has 1 nitrogen and oxygen atoms in total. The first-order valence-electron chi connectivity index (χ1n) is 9.46. The van der Waals surface area contributed by atoms with Crippen molar-refractivity contribution in [2.24, 2.45) is 5.92 Å². The van der Waals surface area contributed by atoms with Gasteiger partial charge in [-0.3, -0.25) is 0 Å². The number of benzene rings is 1. The van der Waals surface area contributed by atoms with E-state index in [1.54, 1.807) is 0 Å². The van der Waals surface area contributed by atoms with E-state index in [1.807, 2.05) is 0 Å². The topological polar surface area (TPSA) is 12.0 Å². The summed E-state index contributed by atoms with van der Waals surface area (Å²) in [6, 6.07) is 6.80. The lowest BCUT2D eigenvalue weighted by molar-refractivity contribution is 0.335. The van der Waals surface area contributed by atoms with Gasteiger partial charge in [-0.1, -0.05) is 78.0 Å². The molecule has 0 aliphatic heterocycles. The molecule has 0 spiro atoms. The summed E-state index contributed by atoms with van der Waals surface area (Å²) in [7, 11) is 0. The third-order valence-corrected chi connectivity index (χ3v) is 5.19. The summed E-state index contributed by atoms with van der Waals surface area (Å²) in [5.74, 6) is 2.17. The van der Waals surface area contributed by atoms with Crippen molar-refractivity contribution in [2.75, 3.05) is 11.9 Å². The summed E-state index contributed by atoms with van der Waals surface area (Å²) in [6.45, 7) is 10.3. The molecule has 124 valence electrons. The van der Waals surface area contributed by atoms with Crippen LogP contribution in [0.2, 0.25) is 0 Å². The Bertz CT molecular complexity index is 415. The lowest BCUT2D eigenvalue weighted by Gasteiger charge is -2.23. The SMILES string of the molecule is CC(C)c1cccc(C(C)C)c1NCCCC1CCCCC1. The lowest BCUT2D eigenvalue weighted by atomic mass is 9.86. The molecule has 1 aromatic rings. The maximum Gasteiger partial charge on any atom is 0.0410 e. The van der Waals surface area contributed by atoms with Gasteiger partial charge in [0.15, 0.2) is 0 Å². The molecule has 0 atom stereocenters. The predicted molar refractivity (Wildman–Crippen MR) is 98.9 cm³/mol. The zero-order valence-corrected chi connectivity index (χ0v) is 15.1. The van der Waals surface area contributed by atoms with E-state index >= 15 is 0 Å². The van der Waals surface area contributed by atoms with Crippen LogP contribution in [0.5, 0.6) is 0 Å². The number of para-hydroxylation sites is 1. The van der Waals surface area contributed by atoms with E-state index < -0.39 is 0 Å². The molecular formula is C21H35N. The molecule has 1 aliphatic rings. The first kappa shape index (κ1) is 17.4. The molecule has 2 rings (SSSR count). The van der Waals surface area contributed by atoms with Gasteiger partial charge in [0, 0.05) is 12.2 Å². The van der Waals surface area contributed by atoms with E-state index in [-0.39, 0.29) is 0 Å². The first-order valence-corrected chi connectivity index (χ1v) is 9.46. The minimum absolute atomic E-state index is 0.583. The van der Waals surface area contributed by atoms with Gasteiger partial charge in [-0.2, -0.15) is 0 Å². The molecule has 0 heterocycles. The normalized spacial score (nSPS) is 16.5. The van der Waals surface area contributed by atoms with E-state index in [4.69, 9.17) is 0 Å². The summed E-state index contributed by atoms with van der Waals surface area (Å²) in [6.07, 6.45) is 10.1. The van der Waals surface area contributed by atoms with Crippen molar-refractivity contribution in [1.82, 2.24) is 0 Å². The molecule has 0 bridgehead atoms. The maximum atomic E-state index is 3.78. The van der Waals surface area contributed by atoms with Crippen molar-refractivity contribution in [2.45, 2.75) is 84.5 Å². The van der Waals surface area contributed by atoms with Crippen LogP contribution >= 0.6 is 0 Å². The second-order valence-corrected chi connectivity index (χ2v) is 7.69. The summed E-state index contributed by atoms with van der Waals surface area (Å²) < 4.78 is 0. The largest absolute Gasteiger partial charge is 0.385 e. The molecule has 1 N–H and O–H groups in total. The Morgan fingerprint density at radius 2 is 1.55 bits per heavy atom. The monoisotopic (exact) mass is 301 g/mol. The van der Waals surface area contributed by atoms with Crippen molar-refractivity contribution >= 4 is 5.69 Å². The molecule has 0 amide bonds. The van der Waals surface area contributed by atoms with Gasteiger partial charge < -0.3 is 5.32 Å². The Labute approximate surface area is 137 Å². The summed E-state index contributed by atoms with van der Waals surface area (Å²) in [5, 5.41) is 3.78. The van der Waals surface area contributed by atoms with Crippen LogP contribution in [0.15, 0.2) is 18.2 Å². The zero-order chi connectivity index (χ0) is 15.9. The van der Waals surface area contributed by atoms with Crippen LogP contribution in [0, 0.1) is 5.92 Å². The summed E-state index contributed by atoms with van der Waals surface area (Å²) >= 11 is 0. The fraction of sp³-hybridized carbons (Fsp3) is 0.714. The van der Waals surface area contributed by atoms with E-state index in [1.165, 1.54) is 61.8 Å². The fourth-order valence-electron chi connectivity index (χ4n) is 3.84. The van der Waals surface area contributed by atoms with Crippen molar-refractivity contribution < 1.29 is 0 Å². The van der Waals surface area contributed by atoms with Gasteiger partial charge in [0.2, 0.25) is 0 Å². The number of anilines is 1. The van der Waals surface area contributed by atoms with Crippen molar-refractivity contribution in [1.29, 1.82) is 0 Å². The van der Waals surface area contributed by atoms with Crippen molar-refractivity contribution in [3.63, 3.8) is 0 Å². The van der Waals surface area contributed by atoms with Crippen LogP contribution < -0.4 is 5.32 Å². The fourth-order valence-corrected chi connectivity index (χ4v) is 3.84. The average Bonchev–Trinajstić information content (AvgIpc) is 2.52. The Balaban J connectivity index is 1.92. The van der Waals surface area contributed by atoms with Gasteiger partial charge in [-0.05, 0) is 41.7 Å². The number of hydrogen-bond acceptors (Lipinski definition) is 1. The molecule has 1 saturated carbocycles. The van der Waals surface area contributed by atoms with Gasteiger partial charge in [-0.25, -0.2) is 0 Å². The highest BCUT2D eigenvalue weighted by molar-refractivity contribution is 5.60. The van der Waals surface area contributed by atoms with E-state index in [2.05, 4.69) is 51.2 Å². The zero-order valence-electron chi connectivity index (χ0n) is 15.1. The maximum absolute atomic E-state index is 3.78. The van der Waals surface area contributed by atoms with E-state index in [0.717, 1.165) is 12.5 Å². The number of hydrogen-bond donors (Lipinski definition) is 1. The lowest BCUT2D eigenvalue weighted by Crippen LogP contribution is -2.12. The molecule has 0 radical (unpaired) electrons. The molecule has 1 aromatic carbocycles. The highest BCUT2D eigenvalue weighted by atomic mass is 14.9. The average molecular weight is 302 g/mol. The quantitative estimate of drug-likeness (QED) is 0.552. The van der Waals surface area contributed by atoms with Crippen LogP contribution in [0.4, 0.5) is 5.69 Å². The first-order chi connectivity index (χ1) is 10.6. The second-order valence-electron chi connectivity index (χ2n) is 7.69. The Kier molecular flexibility index (Phi) is 6.79. The second kappa shape index (κ2) is 8.60. The smallest absolute Gasteiger partial charge is 0.0410 e. The van der Waals surface area contributed by atoms with Gasteiger partial charge in [0.25, 0.3) is 0 Å². The minimum Gasteiger partial charge on any atom is -0.385 e. The molecule has 22 heavy (non-hydrogen) atoms. The predicted octanol–water partition coefficient (Wildman–Crippen LogP) is 6.71. The third kappa shape index (κ3) is 4.76. The highest BCUT2D eigenvalue weighted by Gasteiger charge is 2.15. The van der Waals surface area contributed by atoms with Crippen LogP contribution in [0.25, 0.3) is 0 Å². The Morgan fingerprint density at radius 1 is 0.955 bits per heavy atom.